The van der Waals surface area contributed by atoms with E-state index in [1.165, 1.54) is 0 Å². The van der Waals surface area contributed by atoms with Gasteiger partial charge in [0.2, 0.25) is 5.91 Å². The second-order valence-corrected chi connectivity index (χ2v) is 7.37. The number of hydrogen-bond acceptors (Lipinski definition) is 6. The lowest BCUT2D eigenvalue weighted by Gasteiger charge is -2.25. The molecule has 0 unspecified atom stereocenters. The van der Waals surface area contributed by atoms with Gasteiger partial charge in [0.1, 0.15) is 0 Å². The van der Waals surface area contributed by atoms with Gasteiger partial charge in [0, 0.05) is 35.8 Å². The van der Waals surface area contributed by atoms with E-state index in [1.807, 2.05) is 6.07 Å². The SMILES string of the molecule is N#Cc1ccc2c(c1)Sc1cc(C(F)(F)F)cc(NC(=O)CCNCCN)c1N2. The number of nitrogens with two attached hydrogens (primary N) is 1. The normalized spacial score (nSPS) is 12.4. The predicted molar refractivity (Wildman–Crippen MR) is 105 cm³/mol. The first-order valence-corrected chi connectivity index (χ1v) is 9.58. The molecule has 2 aromatic carbocycles. The topological polar surface area (TPSA) is 103 Å². The van der Waals surface area contributed by atoms with Crippen molar-refractivity contribution in [2.24, 2.45) is 5.73 Å². The third-order valence-corrected chi connectivity index (χ3v) is 5.24. The minimum Gasteiger partial charge on any atom is -0.352 e. The van der Waals surface area contributed by atoms with E-state index in [9.17, 15) is 18.0 Å². The molecule has 1 heterocycles. The van der Waals surface area contributed by atoms with Gasteiger partial charge in [-0.15, -0.1) is 0 Å². The summed E-state index contributed by atoms with van der Waals surface area (Å²) in [5, 5.41) is 17.7. The van der Waals surface area contributed by atoms with Gasteiger partial charge in [-0.3, -0.25) is 4.79 Å². The van der Waals surface area contributed by atoms with Gasteiger partial charge >= 0.3 is 6.18 Å². The van der Waals surface area contributed by atoms with Gasteiger partial charge in [0.15, 0.2) is 0 Å². The summed E-state index contributed by atoms with van der Waals surface area (Å²) in [6.07, 6.45) is -4.47. The van der Waals surface area contributed by atoms with Crippen molar-refractivity contribution in [3.05, 3.63) is 41.5 Å². The fourth-order valence-electron chi connectivity index (χ4n) is 2.76. The number of nitrogens with zero attached hydrogens (tertiary/aromatic N) is 1. The number of nitrogens with one attached hydrogen (secondary N) is 3. The summed E-state index contributed by atoms with van der Waals surface area (Å²) in [5.41, 5.74) is 6.01. The number of anilines is 3. The molecular formula is C19H18F3N5OS. The van der Waals surface area contributed by atoms with Crippen molar-refractivity contribution in [1.82, 2.24) is 5.32 Å². The average molecular weight is 421 g/mol. The lowest BCUT2D eigenvalue weighted by Crippen LogP contribution is -2.26. The number of fused-ring (bicyclic) bond motifs is 2. The fraction of sp³-hybridized carbons (Fsp3) is 0.263. The van der Waals surface area contributed by atoms with Crippen LogP contribution in [0.2, 0.25) is 0 Å². The first-order valence-electron chi connectivity index (χ1n) is 8.76. The zero-order valence-electron chi connectivity index (χ0n) is 15.2. The molecule has 0 saturated carbocycles. The van der Waals surface area contributed by atoms with Gasteiger partial charge in [0.05, 0.1) is 34.3 Å². The summed E-state index contributed by atoms with van der Waals surface area (Å²) in [7, 11) is 0. The van der Waals surface area contributed by atoms with Crippen LogP contribution in [-0.4, -0.2) is 25.5 Å². The van der Waals surface area contributed by atoms with Crippen molar-refractivity contribution >= 4 is 34.7 Å². The van der Waals surface area contributed by atoms with Crippen LogP contribution in [0.3, 0.4) is 0 Å². The lowest BCUT2D eigenvalue weighted by molar-refractivity contribution is -0.137. The van der Waals surface area contributed by atoms with E-state index in [2.05, 4.69) is 16.0 Å². The van der Waals surface area contributed by atoms with Crippen LogP contribution in [0.4, 0.5) is 30.2 Å². The summed E-state index contributed by atoms with van der Waals surface area (Å²) in [6.45, 7) is 1.34. The van der Waals surface area contributed by atoms with Gasteiger partial charge in [-0.1, -0.05) is 11.8 Å². The van der Waals surface area contributed by atoms with Crippen LogP contribution in [0.15, 0.2) is 40.1 Å². The minimum absolute atomic E-state index is 0.0566. The highest BCUT2D eigenvalue weighted by molar-refractivity contribution is 7.99. The zero-order valence-corrected chi connectivity index (χ0v) is 16.0. The Labute approximate surface area is 169 Å². The van der Waals surface area contributed by atoms with Crippen molar-refractivity contribution in [2.75, 3.05) is 30.3 Å². The molecule has 6 nitrogen and oxygen atoms in total. The number of hydrogen-bond donors (Lipinski definition) is 4. The molecule has 0 radical (unpaired) electrons. The molecule has 1 aliphatic heterocycles. The molecule has 0 atom stereocenters. The first-order chi connectivity index (χ1) is 13.8. The molecule has 0 saturated heterocycles. The summed E-state index contributed by atoms with van der Waals surface area (Å²) >= 11 is 1.12. The first kappa shape index (κ1) is 21.0. The Balaban J connectivity index is 1.91. The maximum absolute atomic E-state index is 13.4. The molecule has 3 rings (SSSR count). The number of rotatable bonds is 6. The number of carbonyl (C=O) groups is 1. The van der Waals surface area contributed by atoms with Crippen molar-refractivity contribution in [1.29, 1.82) is 5.26 Å². The van der Waals surface area contributed by atoms with Crippen molar-refractivity contribution in [3.8, 4) is 6.07 Å². The third-order valence-electron chi connectivity index (χ3n) is 4.14. The smallest absolute Gasteiger partial charge is 0.352 e. The lowest BCUT2D eigenvalue weighted by atomic mass is 10.1. The number of halogens is 3. The molecular weight excluding hydrogens is 403 g/mol. The zero-order chi connectivity index (χ0) is 21.0. The van der Waals surface area contributed by atoms with Crippen LogP contribution >= 0.6 is 11.8 Å². The number of nitriles is 1. The van der Waals surface area contributed by atoms with Gasteiger partial charge in [-0.2, -0.15) is 18.4 Å². The van der Waals surface area contributed by atoms with Crippen LogP contribution < -0.4 is 21.7 Å². The summed E-state index contributed by atoms with van der Waals surface area (Å²) in [4.78, 5) is 13.2. The molecule has 1 amide bonds. The van der Waals surface area contributed by atoms with Gasteiger partial charge < -0.3 is 21.7 Å². The average Bonchev–Trinajstić information content (AvgIpc) is 2.68. The summed E-state index contributed by atoms with van der Waals surface area (Å²) in [6, 6.07) is 8.88. The van der Waals surface area contributed by atoms with Gasteiger partial charge in [0.25, 0.3) is 0 Å². The Morgan fingerprint density at radius 1 is 1.21 bits per heavy atom. The van der Waals surface area contributed by atoms with Crippen LogP contribution in [0.25, 0.3) is 0 Å². The molecule has 2 aromatic rings. The van der Waals surface area contributed by atoms with Crippen molar-refractivity contribution in [2.45, 2.75) is 22.4 Å². The van der Waals surface area contributed by atoms with E-state index in [1.54, 1.807) is 18.2 Å². The number of alkyl halides is 3. The highest BCUT2D eigenvalue weighted by atomic mass is 32.2. The van der Waals surface area contributed by atoms with E-state index < -0.39 is 17.6 Å². The number of carbonyl (C=O) groups excluding carboxylic acids is 1. The number of amides is 1. The fourth-order valence-corrected chi connectivity index (χ4v) is 3.86. The van der Waals surface area contributed by atoms with Crippen LogP contribution in [0.5, 0.6) is 0 Å². The molecule has 0 spiro atoms. The van der Waals surface area contributed by atoms with Crippen molar-refractivity contribution < 1.29 is 18.0 Å². The van der Waals surface area contributed by atoms with Crippen LogP contribution in [0.1, 0.15) is 17.5 Å². The van der Waals surface area contributed by atoms with Gasteiger partial charge in [-0.25, -0.2) is 0 Å². The summed E-state index contributed by atoms with van der Waals surface area (Å²) < 4.78 is 40.1. The Morgan fingerprint density at radius 3 is 2.69 bits per heavy atom. The minimum atomic E-state index is -4.56. The van der Waals surface area contributed by atoms with E-state index in [-0.39, 0.29) is 12.1 Å². The molecule has 10 heteroatoms. The molecule has 0 aromatic heterocycles. The maximum atomic E-state index is 13.4. The third kappa shape index (κ3) is 5.00. The highest BCUT2D eigenvalue weighted by Gasteiger charge is 2.33. The predicted octanol–water partition coefficient (Wildman–Crippen LogP) is 3.66. The molecule has 29 heavy (non-hydrogen) atoms. The van der Waals surface area contributed by atoms with Gasteiger partial charge in [-0.05, 0) is 30.3 Å². The standard InChI is InChI=1S/C19H18F3N5OS/c20-19(21,22)12-8-14(26-17(28)3-5-25-6-4-23)18-16(9-12)29-15-7-11(10-24)1-2-13(15)27-18/h1-2,7-9,25,27H,3-6,23H2,(H,26,28). The summed E-state index contributed by atoms with van der Waals surface area (Å²) in [5.74, 6) is -0.409. The van der Waals surface area contributed by atoms with E-state index in [0.717, 1.165) is 23.9 Å². The quantitative estimate of drug-likeness (QED) is 0.453. The van der Waals surface area contributed by atoms with Crippen LogP contribution in [0, 0.1) is 11.3 Å². The van der Waals surface area contributed by atoms with E-state index in [0.29, 0.717) is 46.4 Å². The van der Waals surface area contributed by atoms with E-state index in [4.69, 9.17) is 11.0 Å². The largest absolute Gasteiger partial charge is 0.416 e. The number of benzene rings is 2. The highest BCUT2D eigenvalue weighted by Crippen LogP contribution is 2.49. The molecule has 5 N–H and O–H groups in total. The molecule has 152 valence electrons. The van der Waals surface area contributed by atoms with Crippen LogP contribution in [-0.2, 0) is 11.0 Å². The Kier molecular flexibility index (Phi) is 6.32. The Hall–Kier alpha value is -2.74. The second-order valence-electron chi connectivity index (χ2n) is 6.28. The molecule has 0 fully saturated rings. The molecule has 0 aliphatic carbocycles. The molecule has 1 aliphatic rings. The Bertz CT molecular complexity index is 972. The second kappa shape index (κ2) is 8.73. The molecule has 0 bridgehead atoms. The van der Waals surface area contributed by atoms with Crippen molar-refractivity contribution in [3.63, 3.8) is 0 Å². The maximum Gasteiger partial charge on any atom is 0.416 e. The van der Waals surface area contributed by atoms with E-state index >= 15 is 0 Å². The monoisotopic (exact) mass is 421 g/mol. The Morgan fingerprint density at radius 2 is 2.00 bits per heavy atom.